The summed E-state index contributed by atoms with van der Waals surface area (Å²) in [6.45, 7) is 16.5. The minimum Gasteiger partial charge on any atom is -1.00 e. The SMILES string of the molecule is C.C.C.CO.[2H]C1([2H])CN(C(=O)OC(C)(C)C)CC([2H])([2H])C1=O.[2H]C1([2H])CN(C(=O)OC(C)(C)C)CC([2H])([2H])C1C#N.[2H]C1([2H])CN(C(=O)OC(C)(C)C)CC([2H])([2H])C1C(=O)O.[2H]C1([2H])CN(C(=O)OC(C)(C)C)CC([2H])([2H])C1O.[B].[H-].[K+].[Na+].[OH-]. The molecule has 4 fully saturated rings. The molecule has 68 heavy (non-hydrogen) atoms. The number of ketones is 1. The molecule has 3 radical (unpaired) electrons. The number of likely N-dealkylation sites (tertiary alicyclic amines) is 4. The fourth-order valence-electron chi connectivity index (χ4n) is 4.12. The van der Waals surface area contributed by atoms with Crippen molar-refractivity contribution in [2.45, 2.75) is 185 Å². The van der Waals surface area contributed by atoms with Gasteiger partial charge in [-0.3, -0.25) is 9.59 Å². The van der Waals surface area contributed by atoms with Gasteiger partial charge < -0.3 is 60.8 Å². The predicted octanol–water partition coefficient (Wildman–Crippen LogP) is 1.92. The summed E-state index contributed by atoms with van der Waals surface area (Å²) in [7, 11) is 1.00. The maximum atomic E-state index is 11.9. The van der Waals surface area contributed by atoms with E-state index in [1.807, 2.05) is 0 Å². The second kappa shape index (κ2) is 39.9. The summed E-state index contributed by atoms with van der Waals surface area (Å²) in [6, 6.07) is 1.66. The Morgan fingerprint density at radius 3 is 1.06 bits per heavy atom. The molecular weight excluding hydrogens is 919 g/mol. The first-order valence-corrected chi connectivity index (χ1v) is 19.1. The Morgan fingerprint density at radius 1 is 0.588 bits per heavy atom. The van der Waals surface area contributed by atoms with Crippen LogP contribution in [0.4, 0.5) is 19.2 Å². The van der Waals surface area contributed by atoms with Crippen molar-refractivity contribution < 1.29 is 173 Å². The number of hydrogen-bond donors (Lipinski definition) is 3. The van der Waals surface area contributed by atoms with Gasteiger partial charge in [0.15, 0.2) is 0 Å². The van der Waals surface area contributed by atoms with Crippen molar-refractivity contribution in [3.05, 3.63) is 0 Å². The molecule has 4 amide bonds. The third kappa shape index (κ3) is 39.9. The Kier molecular flexibility index (Phi) is 30.0. The summed E-state index contributed by atoms with van der Waals surface area (Å²) in [5, 5.41) is 34.5. The number of rotatable bonds is 1. The zero-order valence-corrected chi connectivity index (χ0v) is 45.7. The van der Waals surface area contributed by atoms with E-state index in [1.165, 1.54) is 0 Å². The Morgan fingerprint density at radius 2 is 0.824 bits per heavy atom. The molecule has 19 nitrogen and oxygen atoms in total. The van der Waals surface area contributed by atoms with Gasteiger partial charge in [-0.25, -0.2) is 19.2 Å². The van der Waals surface area contributed by atoms with Gasteiger partial charge in [0.05, 0.1) is 18.1 Å². The largest absolute Gasteiger partial charge is 1.00 e. The van der Waals surface area contributed by atoms with Crippen LogP contribution in [0.25, 0.3) is 0 Å². The van der Waals surface area contributed by atoms with Crippen molar-refractivity contribution in [1.82, 2.24) is 19.6 Å². The van der Waals surface area contributed by atoms with Gasteiger partial charge in [0.25, 0.3) is 0 Å². The van der Waals surface area contributed by atoms with Crippen molar-refractivity contribution in [1.29, 1.82) is 5.26 Å². The van der Waals surface area contributed by atoms with Gasteiger partial charge in [-0.05, 0) is 121 Å². The topological polar surface area (TPSA) is 267 Å². The Hall–Kier alpha value is -1.71. The minimum atomic E-state index is -2.39. The maximum Gasteiger partial charge on any atom is 1.00 e. The molecule has 4 aliphatic heterocycles. The minimum absolute atomic E-state index is 0. The monoisotopic (exact) mass is 1030 g/mol. The summed E-state index contributed by atoms with van der Waals surface area (Å²) in [6.07, 6.45) is -23.1. The van der Waals surface area contributed by atoms with Gasteiger partial charge in [0.2, 0.25) is 0 Å². The van der Waals surface area contributed by atoms with Gasteiger partial charge in [0.1, 0.15) is 28.2 Å². The molecule has 0 aromatic rings. The number of nitrogens with zero attached hydrogens (tertiary/aromatic N) is 5. The van der Waals surface area contributed by atoms with Gasteiger partial charge in [-0.1, -0.05) is 22.3 Å². The molecule has 22 heteroatoms. The van der Waals surface area contributed by atoms with Crippen LogP contribution < -0.4 is 80.9 Å². The van der Waals surface area contributed by atoms with E-state index in [0.717, 1.165) is 26.7 Å². The molecule has 0 spiro atoms. The third-order valence-electron chi connectivity index (χ3n) is 6.74. The van der Waals surface area contributed by atoms with Crippen LogP contribution in [0.3, 0.4) is 0 Å². The van der Waals surface area contributed by atoms with Gasteiger partial charge >= 0.3 is 111 Å². The molecule has 0 bridgehead atoms. The second-order valence-electron chi connectivity index (χ2n) is 17.0. The number of aliphatic carboxylic acids is 1. The van der Waals surface area contributed by atoms with Crippen molar-refractivity contribution in [2.75, 3.05) is 59.5 Å². The van der Waals surface area contributed by atoms with Crippen molar-refractivity contribution in [2.24, 2.45) is 11.8 Å². The summed E-state index contributed by atoms with van der Waals surface area (Å²) < 4.78 is 142. The molecule has 0 aromatic carbocycles. The molecule has 0 aromatic heterocycles. The summed E-state index contributed by atoms with van der Waals surface area (Å²) in [5.74, 6) is -5.91. The average Bonchev–Trinajstić information content (AvgIpc) is 3.15. The van der Waals surface area contributed by atoms with Gasteiger partial charge in [-0.2, -0.15) is 5.26 Å². The number of amides is 4. The summed E-state index contributed by atoms with van der Waals surface area (Å²) in [5.41, 5.74) is -3.01. The van der Waals surface area contributed by atoms with Crippen molar-refractivity contribution >= 4 is 44.5 Å². The van der Waals surface area contributed by atoms with Crippen LogP contribution >= 0.6 is 0 Å². The molecule has 0 atom stereocenters. The molecule has 0 aliphatic carbocycles. The maximum absolute atomic E-state index is 11.9. The summed E-state index contributed by atoms with van der Waals surface area (Å²) >= 11 is 0. The van der Waals surface area contributed by atoms with E-state index in [1.54, 1.807) is 89.2 Å². The van der Waals surface area contributed by atoms with E-state index >= 15 is 0 Å². The molecule has 0 unspecified atom stereocenters. The molecule has 4 N–H and O–H groups in total. The number of carboxylic acids is 1. The average molecular weight is 1030 g/mol. The molecule has 4 aliphatic rings. The first kappa shape index (κ1) is 51.2. The Labute approximate surface area is 501 Å². The van der Waals surface area contributed by atoms with E-state index < -0.39 is 154 Å². The van der Waals surface area contributed by atoms with Crippen LogP contribution in [-0.2, 0) is 28.5 Å². The smallest absolute Gasteiger partial charge is 1.00 e. The Balaban J connectivity index is -0.000000124. The number of hydrogen-bond acceptors (Lipinski definition) is 14. The standard InChI is InChI=1S/C11H18N2O2.C11H19NO4.C10H19NO3.C10H17NO3.CH4O.3CH4.B.K.Na.H2O.H/c1-11(2,3)15-10(14)13-6-4-9(8-12)5-7-13;1-11(2,3)16-10(15)12-6-4-8(5-7-12)9(13)14;2*1-10(2,3)14-9(13)11-6-4-8(12)5-7-11;1-2;;;;;;;;/h9H,4-7H2,1-3H3;8H,4-7H2,1-3H3,(H,13,14);8,12H,4-7H2,1-3H3;4-7H2,1-3H3;2H,1H3;3*1H4;;;;1H2;/q;;;;;;;;;2*+1;;-1/p-1/i4*4D2,5D2;;;;;;;;;. The number of Topliss-reactive ketones (excluding diaryl/α,β-unsaturated/α-hetero) is 1. The number of aliphatic hydroxyl groups is 2. The molecule has 0 saturated carbocycles. The fraction of sp³-hybridized carbons (Fsp3) is 0.848. The Bertz CT molecular complexity index is 2100. The second-order valence-corrected chi connectivity index (χ2v) is 17.0. The molecule has 389 valence electrons. The first-order valence-electron chi connectivity index (χ1n) is 27.1. The zero-order valence-electron chi connectivity index (χ0n) is 57.6. The number of aliphatic hydroxyl groups excluding tert-OH is 2. The van der Waals surface area contributed by atoms with E-state index in [-0.39, 0.29) is 145 Å². The van der Waals surface area contributed by atoms with E-state index in [9.17, 15) is 33.9 Å². The van der Waals surface area contributed by atoms with Crippen molar-refractivity contribution in [3.63, 3.8) is 0 Å². The van der Waals surface area contributed by atoms with Gasteiger partial charge in [-0.15, -0.1) is 0 Å². The van der Waals surface area contributed by atoms with Crippen LogP contribution in [0, 0.1) is 23.2 Å². The van der Waals surface area contributed by atoms with E-state index in [2.05, 4.69) is 0 Å². The fourth-order valence-corrected chi connectivity index (χ4v) is 4.12. The predicted molar refractivity (Wildman–Crippen MR) is 257 cm³/mol. The number of carbonyl (C=O) groups is 6. The zero-order chi connectivity index (χ0) is 61.7. The van der Waals surface area contributed by atoms with Crippen LogP contribution in [0.5, 0.6) is 0 Å². The molecule has 4 saturated heterocycles. The number of carbonyl (C=O) groups excluding carboxylic acids is 5. The summed E-state index contributed by atoms with van der Waals surface area (Å²) in [4.78, 5) is 73.6. The third-order valence-corrected chi connectivity index (χ3v) is 6.74. The van der Waals surface area contributed by atoms with E-state index in [4.69, 9.17) is 56.4 Å². The molecule has 4 heterocycles. The van der Waals surface area contributed by atoms with Crippen LogP contribution in [-0.4, -0.2) is 173 Å². The first-order chi connectivity index (χ1) is 33.9. The van der Waals surface area contributed by atoms with Gasteiger partial charge in [0, 0.05) is 108 Å². The number of nitriles is 1. The van der Waals surface area contributed by atoms with E-state index in [0.29, 0.717) is 0 Å². The normalized spacial score (nSPS) is 25.6. The number of ether oxygens (including phenoxy) is 4. The quantitative estimate of drug-likeness (QED) is 0.250. The van der Waals surface area contributed by atoms with Crippen molar-refractivity contribution in [3.8, 4) is 6.07 Å². The van der Waals surface area contributed by atoms with Crippen LogP contribution in [0.1, 0.15) is 180 Å². The molecular formula is C46H91BKN5NaO14. The van der Waals surface area contributed by atoms with Crippen LogP contribution in [0.2, 0.25) is 0 Å². The van der Waals surface area contributed by atoms with Crippen LogP contribution in [0.15, 0.2) is 0 Å². The number of piperidine rings is 4. The number of carboxylic acid groups (broad SMARTS) is 1. The molecule has 4 rings (SSSR count).